The number of nitrogens with two attached hydrogens (primary N) is 1. The van der Waals surface area contributed by atoms with Gasteiger partial charge in [0.2, 0.25) is 0 Å². The molecule has 0 unspecified atom stereocenters. The molecule has 2 aromatic carbocycles. The van der Waals surface area contributed by atoms with Crippen molar-refractivity contribution in [1.82, 2.24) is 0 Å². The first kappa shape index (κ1) is 14.0. The monoisotopic (exact) mass is 293 g/mol. The van der Waals surface area contributed by atoms with Crippen molar-refractivity contribution in [2.45, 2.75) is 0 Å². The summed E-state index contributed by atoms with van der Waals surface area (Å²) < 4.78 is 5.04. The third kappa shape index (κ3) is 2.75. The number of rotatable bonds is 4. The lowest BCUT2D eigenvalue weighted by molar-refractivity contribution is -0.383. The van der Waals surface area contributed by atoms with Crippen LogP contribution in [0.4, 0.5) is 22.7 Å². The van der Waals surface area contributed by atoms with Crippen LogP contribution in [0, 0.1) is 10.1 Å². The number of nitrogens with zero attached hydrogens (tertiary/aromatic N) is 1. The van der Waals surface area contributed by atoms with Gasteiger partial charge in [-0.15, -0.1) is 0 Å². The molecule has 0 aromatic heterocycles. The fourth-order valence-corrected chi connectivity index (χ4v) is 2.02. The van der Waals surface area contributed by atoms with E-state index in [4.69, 9.17) is 22.1 Å². The second-order valence-electron chi connectivity index (χ2n) is 3.97. The molecule has 0 bridgehead atoms. The van der Waals surface area contributed by atoms with Crippen molar-refractivity contribution in [2.75, 3.05) is 18.2 Å². The summed E-state index contributed by atoms with van der Waals surface area (Å²) in [5.74, 6) is 0.527. The Bertz CT molecular complexity index is 661. The fourth-order valence-electron chi connectivity index (χ4n) is 1.77. The first-order chi connectivity index (χ1) is 9.52. The zero-order chi connectivity index (χ0) is 14.7. The zero-order valence-electron chi connectivity index (χ0n) is 10.6. The summed E-state index contributed by atoms with van der Waals surface area (Å²) in [6, 6.07) is 9.68. The number of nitrogens with one attached hydrogen (secondary N) is 1. The molecule has 6 nitrogen and oxygen atoms in total. The molecule has 0 spiro atoms. The molecule has 2 aromatic rings. The highest BCUT2D eigenvalue weighted by Crippen LogP contribution is 2.34. The molecule has 2 rings (SSSR count). The van der Waals surface area contributed by atoms with Gasteiger partial charge in [-0.3, -0.25) is 10.1 Å². The number of hydrogen-bond acceptors (Lipinski definition) is 5. The van der Waals surface area contributed by atoms with Gasteiger partial charge in [-0.05, 0) is 30.3 Å². The lowest BCUT2D eigenvalue weighted by Crippen LogP contribution is -2.01. The van der Waals surface area contributed by atoms with Crippen LogP contribution in [0.2, 0.25) is 5.02 Å². The molecule has 0 saturated carbocycles. The van der Waals surface area contributed by atoms with Crippen molar-refractivity contribution in [3.05, 3.63) is 51.5 Å². The number of ether oxygens (including phenoxy) is 1. The van der Waals surface area contributed by atoms with Gasteiger partial charge in [0.1, 0.15) is 17.1 Å². The third-order valence-corrected chi connectivity index (χ3v) is 2.98. The summed E-state index contributed by atoms with van der Waals surface area (Å²) in [6.07, 6.45) is 0. The largest absolute Gasteiger partial charge is 0.495 e. The SMILES string of the molecule is COc1ccc(Nc2cccc(N)c2[N+](=O)[O-])cc1Cl. The van der Waals surface area contributed by atoms with Gasteiger partial charge in [0.05, 0.1) is 17.1 Å². The average Bonchev–Trinajstić information content (AvgIpc) is 2.38. The molecule has 0 atom stereocenters. The van der Waals surface area contributed by atoms with Crippen molar-refractivity contribution in [3.8, 4) is 5.75 Å². The number of nitro benzene ring substituents is 1. The minimum Gasteiger partial charge on any atom is -0.495 e. The van der Waals surface area contributed by atoms with Crippen molar-refractivity contribution in [1.29, 1.82) is 0 Å². The third-order valence-electron chi connectivity index (χ3n) is 2.68. The molecule has 7 heteroatoms. The summed E-state index contributed by atoms with van der Waals surface area (Å²) in [6.45, 7) is 0. The van der Waals surface area contributed by atoms with E-state index in [2.05, 4.69) is 5.32 Å². The van der Waals surface area contributed by atoms with E-state index in [0.717, 1.165) is 0 Å². The highest BCUT2D eigenvalue weighted by atomic mass is 35.5. The quantitative estimate of drug-likeness (QED) is 0.511. The Balaban J connectivity index is 2.38. The van der Waals surface area contributed by atoms with Crippen LogP contribution in [0.25, 0.3) is 0 Å². The molecule has 0 amide bonds. The zero-order valence-corrected chi connectivity index (χ0v) is 11.3. The van der Waals surface area contributed by atoms with Crippen LogP contribution in [-0.2, 0) is 0 Å². The minimum absolute atomic E-state index is 0.0969. The molecular formula is C13H12ClN3O3. The molecule has 0 aliphatic carbocycles. The van der Waals surface area contributed by atoms with Crippen LogP contribution in [0.3, 0.4) is 0 Å². The normalized spacial score (nSPS) is 10.1. The molecule has 0 fully saturated rings. The van der Waals surface area contributed by atoms with E-state index in [9.17, 15) is 10.1 Å². The van der Waals surface area contributed by atoms with Crippen molar-refractivity contribution >= 4 is 34.4 Å². The highest BCUT2D eigenvalue weighted by molar-refractivity contribution is 6.32. The first-order valence-electron chi connectivity index (χ1n) is 5.66. The van der Waals surface area contributed by atoms with Gasteiger partial charge in [-0.2, -0.15) is 0 Å². The lowest BCUT2D eigenvalue weighted by atomic mass is 10.2. The molecule has 20 heavy (non-hydrogen) atoms. The first-order valence-corrected chi connectivity index (χ1v) is 6.04. The fraction of sp³-hybridized carbons (Fsp3) is 0.0769. The van der Waals surface area contributed by atoms with Gasteiger partial charge in [0.25, 0.3) is 0 Å². The Hall–Kier alpha value is -2.47. The van der Waals surface area contributed by atoms with Crippen LogP contribution in [0.1, 0.15) is 0 Å². The topological polar surface area (TPSA) is 90.4 Å². The smallest absolute Gasteiger partial charge is 0.315 e. The molecule has 104 valence electrons. The maximum Gasteiger partial charge on any atom is 0.315 e. The Morgan fingerprint density at radius 1 is 1.35 bits per heavy atom. The van der Waals surface area contributed by atoms with Gasteiger partial charge >= 0.3 is 5.69 Å². The van der Waals surface area contributed by atoms with Crippen LogP contribution in [-0.4, -0.2) is 12.0 Å². The van der Waals surface area contributed by atoms with Gasteiger partial charge < -0.3 is 15.8 Å². The van der Waals surface area contributed by atoms with Crippen LogP contribution in [0.5, 0.6) is 5.75 Å². The molecule has 0 aliphatic rings. The summed E-state index contributed by atoms with van der Waals surface area (Å²) >= 11 is 6.01. The number of hydrogen-bond donors (Lipinski definition) is 2. The molecule has 0 saturated heterocycles. The number of para-hydroxylation sites is 1. The summed E-state index contributed by atoms with van der Waals surface area (Å²) in [5.41, 5.74) is 6.46. The lowest BCUT2D eigenvalue weighted by Gasteiger charge is -2.10. The van der Waals surface area contributed by atoms with E-state index in [1.165, 1.54) is 13.2 Å². The van der Waals surface area contributed by atoms with E-state index in [0.29, 0.717) is 22.1 Å². The number of benzene rings is 2. The Morgan fingerprint density at radius 2 is 2.10 bits per heavy atom. The highest BCUT2D eigenvalue weighted by Gasteiger charge is 2.17. The van der Waals surface area contributed by atoms with Crippen molar-refractivity contribution < 1.29 is 9.66 Å². The predicted octanol–water partition coefficient (Wildman–Crippen LogP) is 3.58. The number of nitrogen functional groups attached to an aromatic ring is 1. The van der Waals surface area contributed by atoms with E-state index in [-0.39, 0.29) is 11.4 Å². The number of methoxy groups -OCH3 is 1. The summed E-state index contributed by atoms with van der Waals surface area (Å²) in [5, 5.41) is 14.4. The second kappa shape index (κ2) is 5.66. The van der Waals surface area contributed by atoms with E-state index in [1.54, 1.807) is 30.3 Å². The van der Waals surface area contributed by atoms with Gasteiger partial charge in [0, 0.05) is 5.69 Å². The van der Waals surface area contributed by atoms with Gasteiger partial charge in [0.15, 0.2) is 0 Å². The maximum absolute atomic E-state index is 11.0. The van der Waals surface area contributed by atoms with E-state index < -0.39 is 4.92 Å². The molecular weight excluding hydrogens is 282 g/mol. The number of halogens is 1. The van der Waals surface area contributed by atoms with Crippen LogP contribution in [0.15, 0.2) is 36.4 Å². The Labute approximate surface area is 120 Å². The van der Waals surface area contributed by atoms with Crippen molar-refractivity contribution in [3.63, 3.8) is 0 Å². The molecule has 0 heterocycles. The number of anilines is 3. The Kier molecular flexibility index (Phi) is 3.95. The number of nitro groups is 1. The van der Waals surface area contributed by atoms with E-state index in [1.807, 2.05) is 0 Å². The van der Waals surface area contributed by atoms with Crippen molar-refractivity contribution in [2.24, 2.45) is 0 Å². The van der Waals surface area contributed by atoms with Gasteiger partial charge in [-0.25, -0.2) is 0 Å². The van der Waals surface area contributed by atoms with Gasteiger partial charge in [-0.1, -0.05) is 17.7 Å². The summed E-state index contributed by atoms with van der Waals surface area (Å²) in [4.78, 5) is 10.5. The Morgan fingerprint density at radius 3 is 2.70 bits per heavy atom. The second-order valence-corrected chi connectivity index (χ2v) is 4.38. The van der Waals surface area contributed by atoms with E-state index >= 15 is 0 Å². The van der Waals surface area contributed by atoms with Crippen LogP contribution >= 0.6 is 11.6 Å². The standard InChI is InChI=1S/C13H12ClN3O3/c1-20-12-6-5-8(7-9(12)14)16-11-4-2-3-10(15)13(11)17(18)19/h2-7,16H,15H2,1H3. The predicted molar refractivity (Wildman–Crippen MR) is 78.8 cm³/mol. The van der Waals surface area contributed by atoms with Crippen LogP contribution < -0.4 is 15.8 Å². The summed E-state index contributed by atoms with van der Waals surface area (Å²) in [7, 11) is 1.51. The maximum atomic E-state index is 11.0. The molecule has 0 radical (unpaired) electrons. The average molecular weight is 294 g/mol. The molecule has 0 aliphatic heterocycles. The minimum atomic E-state index is -0.525. The molecule has 3 N–H and O–H groups in total.